The summed E-state index contributed by atoms with van der Waals surface area (Å²) in [5, 5.41) is 10.6. The summed E-state index contributed by atoms with van der Waals surface area (Å²) < 4.78 is 0. The molecule has 1 fully saturated rings. The number of nitrogens with zero attached hydrogens (tertiary/aromatic N) is 1. The average molecular weight is 173 g/mol. The first-order chi connectivity index (χ1) is 5.63. The topological polar surface area (TPSA) is 49.8 Å². The molecule has 1 atom stereocenters. The zero-order chi connectivity index (χ0) is 9.14. The number of carbonyl (C=O) groups excluding carboxylic acids is 1. The molecule has 1 heterocycles. The summed E-state index contributed by atoms with van der Waals surface area (Å²) in [7, 11) is 0. The summed E-state index contributed by atoms with van der Waals surface area (Å²) in [4.78, 5) is 16.3. The molecule has 70 valence electrons. The number of hydroxylamine groups is 2. The lowest BCUT2D eigenvalue weighted by atomic mass is 10.1. The number of hydrogen-bond acceptors (Lipinski definition) is 3. The highest BCUT2D eigenvalue weighted by Crippen LogP contribution is 2.10. The number of carbonyl (C=O) groups is 1. The molecule has 4 heteroatoms. The first-order valence-corrected chi connectivity index (χ1v) is 4.25. The zero-order valence-electron chi connectivity index (χ0n) is 7.49. The van der Waals surface area contributed by atoms with Crippen LogP contribution in [0.15, 0.2) is 0 Å². The van der Waals surface area contributed by atoms with E-state index in [4.69, 9.17) is 4.84 Å². The van der Waals surface area contributed by atoms with Crippen molar-refractivity contribution in [2.45, 2.75) is 26.4 Å². The molecule has 1 aliphatic heterocycles. The number of hydrogen-bond donors (Lipinski definition) is 1. The van der Waals surface area contributed by atoms with Gasteiger partial charge in [0, 0.05) is 0 Å². The fourth-order valence-electron chi connectivity index (χ4n) is 1.05. The Morgan fingerprint density at radius 2 is 2.25 bits per heavy atom. The molecule has 0 spiro atoms. The number of aliphatic hydroxyl groups is 1. The third-order valence-corrected chi connectivity index (χ3v) is 1.88. The highest BCUT2D eigenvalue weighted by Gasteiger charge is 2.27. The zero-order valence-corrected chi connectivity index (χ0v) is 7.49. The predicted molar refractivity (Wildman–Crippen MR) is 43.1 cm³/mol. The minimum Gasteiger partial charge on any atom is -0.383 e. The Bertz CT molecular complexity index is 160. The molecule has 1 aliphatic rings. The van der Waals surface area contributed by atoms with E-state index in [-0.39, 0.29) is 11.8 Å². The highest BCUT2D eigenvalue weighted by atomic mass is 16.7. The maximum atomic E-state index is 11.3. The van der Waals surface area contributed by atoms with Crippen LogP contribution in [0.1, 0.15) is 20.3 Å². The first kappa shape index (κ1) is 9.48. The van der Waals surface area contributed by atoms with E-state index in [1.54, 1.807) is 13.8 Å². The third kappa shape index (κ3) is 1.95. The lowest BCUT2D eigenvalue weighted by Gasteiger charge is -2.19. The summed E-state index contributed by atoms with van der Waals surface area (Å²) in [6, 6.07) is 0. The quantitative estimate of drug-likeness (QED) is 0.647. The lowest BCUT2D eigenvalue weighted by Crippen LogP contribution is -2.39. The van der Waals surface area contributed by atoms with Crippen LogP contribution in [-0.4, -0.2) is 35.3 Å². The molecule has 1 rings (SSSR count). The van der Waals surface area contributed by atoms with Crippen LogP contribution >= 0.6 is 0 Å². The maximum absolute atomic E-state index is 11.3. The van der Waals surface area contributed by atoms with Crippen molar-refractivity contribution in [1.29, 1.82) is 0 Å². The van der Waals surface area contributed by atoms with Crippen molar-refractivity contribution in [1.82, 2.24) is 5.06 Å². The van der Waals surface area contributed by atoms with Gasteiger partial charge in [-0.15, -0.1) is 0 Å². The minimum absolute atomic E-state index is 0.0540. The van der Waals surface area contributed by atoms with Gasteiger partial charge < -0.3 is 5.11 Å². The maximum Gasteiger partial charge on any atom is 0.275 e. The van der Waals surface area contributed by atoms with E-state index >= 15 is 0 Å². The van der Waals surface area contributed by atoms with Gasteiger partial charge in [0.25, 0.3) is 5.91 Å². The molecule has 0 aromatic rings. The van der Waals surface area contributed by atoms with Gasteiger partial charge in [0.1, 0.15) is 6.10 Å². The van der Waals surface area contributed by atoms with Gasteiger partial charge in [0.05, 0.1) is 13.2 Å². The van der Waals surface area contributed by atoms with E-state index in [1.807, 2.05) is 0 Å². The molecule has 0 radical (unpaired) electrons. The van der Waals surface area contributed by atoms with Crippen LogP contribution in [0.5, 0.6) is 0 Å². The van der Waals surface area contributed by atoms with Gasteiger partial charge in [-0.1, -0.05) is 13.8 Å². The summed E-state index contributed by atoms with van der Waals surface area (Å²) in [6.07, 6.45) is -0.0700. The first-order valence-electron chi connectivity index (χ1n) is 4.25. The fourth-order valence-corrected chi connectivity index (χ4v) is 1.05. The molecule has 1 amide bonds. The van der Waals surface area contributed by atoms with Crippen LogP contribution in [0.2, 0.25) is 0 Å². The van der Waals surface area contributed by atoms with E-state index in [2.05, 4.69) is 0 Å². The normalized spacial score (nSPS) is 20.2. The largest absolute Gasteiger partial charge is 0.383 e. The van der Waals surface area contributed by atoms with Crippen LogP contribution < -0.4 is 0 Å². The number of amides is 1. The van der Waals surface area contributed by atoms with Gasteiger partial charge in [0.15, 0.2) is 0 Å². The van der Waals surface area contributed by atoms with Crippen LogP contribution in [0.4, 0.5) is 0 Å². The van der Waals surface area contributed by atoms with Crippen molar-refractivity contribution < 1.29 is 14.7 Å². The molecule has 0 aromatic heterocycles. The molecule has 1 saturated heterocycles. The number of aliphatic hydroxyl groups excluding tert-OH is 1. The number of rotatable bonds is 2. The smallest absolute Gasteiger partial charge is 0.275 e. The monoisotopic (exact) mass is 173 g/mol. The molecule has 12 heavy (non-hydrogen) atoms. The molecule has 0 aliphatic carbocycles. The summed E-state index contributed by atoms with van der Waals surface area (Å²) >= 11 is 0. The molecule has 0 aromatic carbocycles. The second-order valence-electron chi connectivity index (χ2n) is 3.32. The van der Waals surface area contributed by atoms with Gasteiger partial charge in [-0.25, -0.2) is 5.06 Å². The van der Waals surface area contributed by atoms with Gasteiger partial charge in [0.2, 0.25) is 0 Å². The van der Waals surface area contributed by atoms with Gasteiger partial charge >= 0.3 is 0 Å². The van der Waals surface area contributed by atoms with Crippen molar-refractivity contribution in [3.05, 3.63) is 0 Å². The Kier molecular flexibility index (Phi) is 3.05. The van der Waals surface area contributed by atoms with Gasteiger partial charge in [-0.3, -0.25) is 9.63 Å². The van der Waals surface area contributed by atoms with Crippen molar-refractivity contribution in [2.75, 3.05) is 13.2 Å². The molecule has 0 bridgehead atoms. The van der Waals surface area contributed by atoms with E-state index in [9.17, 15) is 9.90 Å². The Morgan fingerprint density at radius 3 is 2.67 bits per heavy atom. The molecule has 1 N–H and O–H groups in total. The SMILES string of the molecule is CC(C)[C@@H](O)C(=O)N1CCCO1. The van der Waals surface area contributed by atoms with Gasteiger partial charge in [-0.2, -0.15) is 0 Å². The van der Waals surface area contributed by atoms with Crippen LogP contribution in [0, 0.1) is 5.92 Å². The standard InChI is InChI=1S/C8H15NO3/c1-6(2)7(10)8(11)9-4-3-5-12-9/h6-7,10H,3-5H2,1-2H3/t7-/m1/s1. The molecular weight excluding hydrogens is 158 g/mol. The molecule has 0 saturated carbocycles. The van der Waals surface area contributed by atoms with Crippen molar-refractivity contribution in [2.24, 2.45) is 5.92 Å². The Morgan fingerprint density at radius 1 is 1.58 bits per heavy atom. The Hall–Kier alpha value is -0.610. The van der Waals surface area contributed by atoms with Crippen LogP contribution in [0.3, 0.4) is 0 Å². The van der Waals surface area contributed by atoms with E-state index in [1.165, 1.54) is 5.06 Å². The van der Waals surface area contributed by atoms with E-state index in [0.717, 1.165) is 6.42 Å². The summed E-state index contributed by atoms with van der Waals surface area (Å²) in [5.41, 5.74) is 0. The van der Waals surface area contributed by atoms with Crippen molar-refractivity contribution in [3.63, 3.8) is 0 Å². The second-order valence-corrected chi connectivity index (χ2v) is 3.32. The summed E-state index contributed by atoms with van der Waals surface area (Å²) in [5.74, 6) is -0.371. The second kappa shape index (κ2) is 3.87. The van der Waals surface area contributed by atoms with E-state index < -0.39 is 6.10 Å². The molecular formula is C8H15NO3. The van der Waals surface area contributed by atoms with Gasteiger partial charge in [-0.05, 0) is 12.3 Å². The van der Waals surface area contributed by atoms with E-state index in [0.29, 0.717) is 13.2 Å². The van der Waals surface area contributed by atoms with Crippen molar-refractivity contribution in [3.8, 4) is 0 Å². The Labute approximate surface area is 72.1 Å². The fraction of sp³-hybridized carbons (Fsp3) is 0.875. The minimum atomic E-state index is -0.928. The molecule has 0 unspecified atom stereocenters. The molecule has 4 nitrogen and oxygen atoms in total. The van der Waals surface area contributed by atoms with Crippen LogP contribution in [-0.2, 0) is 9.63 Å². The lowest BCUT2D eigenvalue weighted by molar-refractivity contribution is -0.179. The predicted octanol–water partition coefficient (Wildman–Crippen LogP) is 0.167. The highest BCUT2D eigenvalue weighted by molar-refractivity contribution is 5.80. The third-order valence-electron chi connectivity index (χ3n) is 1.88. The van der Waals surface area contributed by atoms with Crippen LogP contribution in [0.25, 0.3) is 0 Å². The average Bonchev–Trinajstić information content (AvgIpc) is 2.53. The van der Waals surface area contributed by atoms with Crippen molar-refractivity contribution >= 4 is 5.91 Å². The summed E-state index contributed by atoms with van der Waals surface area (Å²) in [6.45, 7) is 4.79. The Balaban J connectivity index is 2.45.